The molecule has 0 aromatic heterocycles. The van der Waals surface area contributed by atoms with Crippen molar-refractivity contribution in [1.82, 2.24) is 4.90 Å². The smallest absolute Gasteiger partial charge is 0.292 e. The van der Waals surface area contributed by atoms with Crippen LogP contribution in [0.1, 0.15) is 0 Å². The minimum absolute atomic E-state index is 0.0620. The highest BCUT2D eigenvalue weighted by atomic mass is 19.1. The fourth-order valence-electron chi connectivity index (χ4n) is 2.85. The second-order valence-electron chi connectivity index (χ2n) is 5.86. The molecule has 0 radical (unpaired) electrons. The molecule has 8 heteroatoms. The number of nitro benzene ring substituents is 1. The molecule has 1 aliphatic rings. The number of ether oxygens (including phenoxy) is 1. The van der Waals surface area contributed by atoms with Gasteiger partial charge in [0, 0.05) is 32.2 Å². The summed E-state index contributed by atoms with van der Waals surface area (Å²) in [6.07, 6.45) is 0. The van der Waals surface area contributed by atoms with Crippen molar-refractivity contribution in [2.75, 3.05) is 37.7 Å². The standard InChI is InChI=1S/C18H18FN3O4/c19-14-5-7-15(8-6-14)26-13-18(23)21-11-9-20(10-12-21)16-3-1-2-4-17(16)22(24)25/h1-8H,9-13H2. The van der Waals surface area contributed by atoms with Gasteiger partial charge >= 0.3 is 0 Å². The van der Waals surface area contributed by atoms with Crippen molar-refractivity contribution in [2.24, 2.45) is 0 Å². The van der Waals surface area contributed by atoms with Crippen molar-refractivity contribution in [3.8, 4) is 5.75 Å². The fourth-order valence-corrected chi connectivity index (χ4v) is 2.85. The van der Waals surface area contributed by atoms with Crippen LogP contribution in [0, 0.1) is 15.9 Å². The Morgan fingerprint density at radius 1 is 1.08 bits per heavy atom. The van der Waals surface area contributed by atoms with Gasteiger partial charge in [0.15, 0.2) is 6.61 Å². The first kappa shape index (κ1) is 17.7. The van der Waals surface area contributed by atoms with Gasteiger partial charge < -0.3 is 14.5 Å². The zero-order chi connectivity index (χ0) is 18.5. The largest absolute Gasteiger partial charge is 0.484 e. The van der Waals surface area contributed by atoms with E-state index in [1.54, 1.807) is 23.1 Å². The Morgan fingerprint density at radius 3 is 2.38 bits per heavy atom. The highest BCUT2D eigenvalue weighted by Crippen LogP contribution is 2.28. The third kappa shape index (κ3) is 4.08. The van der Waals surface area contributed by atoms with E-state index < -0.39 is 4.92 Å². The lowest BCUT2D eigenvalue weighted by Gasteiger charge is -2.35. The first-order valence-electron chi connectivity index (χ1n) is 8.19. The van der Waals surface area contributed by atoms with Crippen molar-refractivity contribution in [3.05, 3.63) is 64.5 Å². The molecule has 0 atom stereocenters. The Bertz CT molecular complexity index is 789. The SMILES string of the molecule is O=C(COc1ccc(F)cc1)N1CCN(c2ccccc2[N+](=O)[O-])CC1. The summed E-state index contributed by atoms with van der Waals surface area (Å²) in [5.41, 5.74) is 0.624. The lowest BCUT2D eigenvalue weighted by molar-refractivity contribution is -0.384. The highest BCUT2D eigenvalue weighted by Gasteiger charge is 2.25. The summed E-state index contributed by atoms with van der Waals surface area (Å²) in [5, 5.41) is 11.2. The van der Waals surface area contributed by atoms with Crippen molar-refractivity contribution in [1.29, 1.82) is 0 Å². The summed E-state index contributed by atoms with van der Waals surface area (Å²) in [6, 6.07) is 12.1. The van der Waals surface area contributed by atoms with E-state index in [1.807, 2.05) is 4.90 Å². The van der Waals surface area contributed by atoms with Crippen LogP contribution in [0.25, 0.3) is 0 Å². The maximum atomic E-state index is 12.9. The van der Waals surface area contributed by atoms with Gasteiger partial charge in [-0.3, -0.25) is 14.9 Å². The molecule has 0 bridgehead atoms. The third-order valence-electron chi connectivity index (χ3n) is 4.23. The van der Waals surface area contributed by atoms with Gasteiger partial charge in [-0.15, -0.1) is 0 Å². The topological polar surface area (TPSA) is 75.9 Å². The average molecular weight is 359 g/mol. The van der Waals surface area contributed by atoms with Crippen molar-refractivity contribution >= 4 is 17.3 Å². The lowest BCUT2D eigenvalue weighted by atomic mass is 10.2. The van der Waals surface area contributed by atoms with Crippen LogP contribution >= 0.6 is 0 Å². The molecule has 2 aromatic carbocycles. The van der Waals surface area contributed by atoms with Crippen LogP contribution in [0.5, 0.6) is 5.75 Å². The summed E-state index contributed by atoms with van der Waals surface area (Å²) in [6.45, 7) is 1.80. The van der Waals surface area contributed by atoms with Crippen molar-refractivity contribution in [2.45, 2.75) is 0 Å². The normalized spacial score (nSPS) is 14.2. The third-order valence-corrected chi connectivity index (χ3v) is 4.23. The van der Waals surface area contributed by atoms with Crippen LogP contribution in [0.15, 0.2) is 48.5 Å². The van der Waals surface area contributed by atoms with Gasteiger partial charge in [0.25, 0.3) is 11.6 Å². The molecule has 1 aliphatic heterocycles. The van der Waals surface area contributed by atoms with Crippen LogP contribution in [0.3, 0.4) is 0 Å². The monoisotopic (exact) mass is 359 g/mol. The summed E-state index contributed by atoms with van der Waals surface area (Å²) < 4.78 is 18.2. The molecule has 0 N–H and O–H groups in total. The molecule has 26 heavy (non-hydrogen) atoms. The molecule has 3 rings (SSSR count). The number of anilines is 1. The average Bonchev–Trinajstić information content (AvgIpc) is 2.67. The molecular weight excluding hydrogens is 341 g/mol. The van der Waals surface area contributed by atoms with Gasteiger partial charge in [-0.05, 0) is 30.3 Å². The van der Waals surface area contributed by atoms with Crippen LogP contribution in [0.2, 0.25) is 0 Å². The number of carbonyl (C=O) groups is 1. The molecule has 7 nitrogen and oxygen atoms in total. The van der Waals surface area contributed by atoms with E-state index in [0.29, 0.717) is 37.6 Å². The Kier molecular flexibility index (Phi) is 5.31. The molecule has 136 valence electrons. The number of para-hydroxylation sites is 2. The lowest BCUT2D eigenvalue weighted by Crippen LogP contribution is -2.50. The predicted octanol–water partition coefficient (Wildman–Crippen LogP) is 2.46. The number of hydrogen-bond donors (Lipinski definition) is 0. The van der Waals surface area contributed by atoms with Crippen molar-refractivity contribution < 1.29 is 18.8 Å². The molecule has 1 saturated heterocycles. The molecular formula is C18H18FN3O4. The van der Waals surface area contributed by atoms with E-state index in [-0.39, 0.29) is 24.0 Å². The van der Waals surface area contributed by atoms with Gasteiger partial charge in [-0.2, -0.15) is 0 Å². The maximum Gasteiger partial charge on any atom is 0.292 e. The van der Waals surface area contributed by atoms with Gasteiger partial charge in [0.1, 0.15) is 17.3 Å². The number of nitrogens with zero attached hydrogens (tertiary/aromatic N) is 3. The Balaban J connectivity index is 1.54. The molecule has 0 spiro atoms. The molecule has 1 heterocycles. The van der Waals surface area contributed by atoms with Gasteiger partial charge in [-0.1, -0.05) is 12.1 Å². The molecule has 0 saturated carbocycles. The number of hydrogen-bond acceptors (Lipinski definition) is 5. The van der Waals surface area contributed by atoms with E-state index in [4.69, 9.17) is 4.74 Å². The zero-order valence-electron chi connectivity index (χ0n) is 14.0. The van der Waals surface area contributed by atoms with E-state index in [0.717, 1.165) is 0 Å². The van der Waals surface area contributed by atoms with E-state index >= 15 is 0 Å². The van der Waals surface area contributed by atoms with Crippen LogP contribution in [-0.2, 0) is 4.79 Å². The van der Waals surface area contributed by atoms with Gasteiger partial charge in [0.2, 0.25) is 0 Å². The van der Waals surface area contributed by atoms with E-state index in [9.17, 15) is 19.3 Å². The van der Waals surface area contributed by atoms with Gasteiger partial charge in [0.05, 0.1) is 4.92 Å². The number of halogens is 1. The summed E-state index contributed by atoms with van der Waals surface area (Å²) >= 11 is 0. The highest BCUT2D eigenvalue weighted by molar-refractivity contribution is 5.78. The number of rotatable bonds is 5. The maximum absolute atomic E-state index is 12.9. The second-order valence-corrected chi connectivity index (χ2v) is 5.86. The number of carbonyl (C=O) groups excluding carboxylic acids is 1. The zero-order valence-corrected chi connectivity index (χ0v) is 14.0. The van der Waals surface area contributed by atoms with Crippen LogP contribution in [0.4, 0.5) is 15.8 Å². The minimum atomic E-state index is -0.399. The molecule has 0 aliphatic carbocycles. The number of benzene rings is 2. The fraction of sp³-hybridized carbons (Fsp3) is 0.278. The Morgan fingerprint density at radius 2 is 1.73 bits per heavy atom. The quantitative estimate of drug-likeness (QED) is 0.605. The first-order chi connectivity index (χ1) is 12.5. The van der Waals surface area contributed by atoms with Gasteiger partial charge in [-0.25, -0.2) is 4.39 Å². The number of piperazine rings is 1. The summed E-state index contributed by atoms with van der Waals surface area (Å²) in [5.74, 6) is -0.107. The van der Waals surface area contributed by atoms with Crippen molar-refractivity contribution in [3.63, 3.8) is 0 Å². The number of nitro groups is 1. The molecule has 1 fully saturated rings. The van der Waals surface area contributed by atoms with Crippen LogP contribution < -0.4 is 9.64 Å². The number of amides is 1. The molecule has 1 amide bonds. The first-order valence-corrected chi connectivity index (χ1v) is 8.19. The Labute approximate surface area is 149 Å². The van der Waals surface area contributed by atoms with E-state index in [1.165, 1.54) is 30.3 Å². The summed E-state index contributed by atoms with van der Waals surface area (Å²) in [4.78, 5) is 26.6. The minimum Gasteiger partial charge on any atom is -0.484 e. The molecule has 0 unspecified atom stereocenters. The summed E-state index contributed by atoms with van der Waals surface area (Å²) in [7, 11) is 0. The molecule has 2 aromatic rings. The van der Waals surface area contributed by atoms with E-state index in [2.05, 4.69) is 0 Å². The van der Waals surface area contributed by atoms with Crippen LogP contribution in [-0.4, -0.2) is 48.5 Å². The Hall–Kier alpha value is -3.16. The predicted molar refractivity (Wildman–Crippen MR) is 93.8 cm³/mol. The second kappa shape index (κ2) is 7.81.